The standard InChI is InChI=1S/C14H16BrNOS/c1-17-10-4-6-13(15)12(9-10)14(16)7-5-11-3-2-8-18-11/h2-4,6,8-9,14H,5,7,16H2,1H3. The third kappa shape index (κ3) is 3.34. The van der Waals surface area contributed by atoms with Gasteiger partial charge in [0, 0.05) is 15.4 Å². The summed E-state index contributed by atoms with van der Waals surface area (Å²) >= 11 is 5.33. The maximum atomic E-state index is 6.26. The highest BCUT2D eigenvalue weighted by molar-refractivity contribution is 9.10. The zero-order chi connectivity index (χ0) is 13.0. The van der Waals surface area contributed by atoms with Crippen LogP contribution in [0, 0.1) is 0 Å². The zero-order valence-corrected chi connectivity index (χ0v) is 12.6. The Hall–Kier alpha value is -0.840. The fraction of sp³-hybridized carbons (Fsp3) is 0.286. The predicted octanol–water partition coefficient (Wildman–Crippen LogP) is 4.15. The lowest BCUT2D eigenvalue weighted by molar-refractivity contribution is 0.413. The number of hydrogen-bond acceptors (Lipinski definition) is 3. The van der Waals surface area contributed by atoms with Gasteiger partial charge in [-0.25, -0.2) is 0 Å². The molecule has 0 amide bonds. The molecule has 2 nitrogen and oxygen atoms in total. The van der Waals surface area contributed by atoms with E-state index in [0.717, 1.165) is 28.6 Å². The molecule has 0 bridgehead atoms. The maximum absolute atomic E-state index is 6.26. The number of thiophene rings is 1. The first-order chi connectivity index (χ1) is 8.70. The molecular weight excluding hydrogens is 310 g/mol. The summed E-state index contributed by atoms with van der Waals surface area (Å²) in [6, 6.07) is 10.2. The second kappa shape index (κ2) is 6.36. The lowest BCUT2D eigenvalue weighted by Crippen LogP contribution is -2.12. The van der Waals surface area contributed by atoms with Crippen molar-refractivity contribution in [3.8, 4) is 5.75 Å². The molecule has 18 heavy (non-hydrogen) atoms. The van der Waals surface area contributed by atoms with Gasteiger partial charge in [-0.15, -0.1) is 11.3 Å². The first-order valence-electron chi connectivity index (χ1n) is 5.82. The molecule has 2 aromatic rings. The summed E-state index contributed by atoms with van der Waals surface area (Å²) in [7, 11) is 1.67. The fourth-order valence-electron chi connectivity index (χ4n) is 1.84. The highest BCUT2D eigenvalue weighted by Crippen LogP contribution is 2.29. The van der Waals surface area contributed by atoms with Crippen molar-refractivity contribution in [2.75, 3.05) is 7.11 Å². The third-order valence-electron chi connectivity index (χ3n) is 2.88. The number of ether oxygens (including phenoxy) is 1. The minimum atomic E-state index is 0.0246. The molecule has 2 rings (SSSR count). The minimum absolute atomic E-state index is 0.0246. The van der Waals surface area contributed by atoms with Crippen LogP contribution in [0.3, 0.4) is 0 Å². The van der Waals surface area contributed by atoms with Gasteiger partial charge in [0.25, 0.3) is 0 Å². The normalized spacial score (nSPS) is 12.4. The Labute approximate surface area is 120 Å². The number of rotatable bonds is 5. The SMILES string of the molecule is COc1ccc(Br)c(C(N)CCc2cccs2)c1. The molecule has 0 radical (unpaired) electrons. The van der Waals surface area contributed by atoms with Crippen molar-refractivity contribution in [3.63, 3.8) is 0 Å². The van der Waals surface area contributed by atoms with E-state index in [9.17, 15) is 0 Å². The molecule has 1 aromatic carbocycles. The number of halogens is 1. The van der Waals surface area contributed by atoms with Gasteiger partial charge < -0.3 is 10.5 Å². The summed E-state index contributed by atoms with van der Waals surface area (Å²) < 4.78 is 6.28. The number of methoxy groups -OCH3 is 1. The van der Waals surface area contributed by atoms with Gasteiger partial charge in [-0.05, 0) is 48.1 Å². The van der Waals surface area contributed by atoms with Crippen LogP contribution in [0.25, 0.3) is 0 Å². The second-order valence-corrected chi connectivity index (χ2v) is 6.00. The highest BCUT2D eigenvalue weighted by Gasteiger charge is 2.11. The summed E-state index contributed by atoms with van der Waals surface area (Å²) in [5.41, 5.74) is 7.36. The molecule has 0 aliphatic carbocycles. The molecule has 4 heteroatoms. The highest BCUT2D eigenvalue weighted by atomic mass is 79.9. The summed E-state index contributed by atoms with van der Waals surface area (Å²) in [5.74, 6) is 0.847. The molecule has 0 saturated heterocycles. The molecular formula is C14H16BrNOS. The van der Waals surface area contributed by atoms with Crippen LogP contribution in [-0.4, -0.2) is 7.11 Å². The summed E-state index contributed by atoms with van der Waals surface area (Å²) in [6.45, 7) is 0. The van der Waals surface area contributed by atoms with Crippen LogP contribution in [0.15, 0.2) is 40.2 Å². The fourth-order valence-corrected chi connectivity index (χ4v) is 3.11. The molecule has 1 atom stereocenters. The van der Waals surface area contributed by atoms with Crippen molar-refractivity contribution in [3.05, 3.63) is 50.6 Å². The van der Waals surface area contributed by atoms with Crippen LogP contribution >= 0.6 is 27.3 Å². The van der Waals surface area contributed by atoms with Gasteiger partial charge in [-0.1, -0.05) is 22.0 Å². The monoisotopic (exact) mass is 325 g/mol. The molecule has 1 heterocycles. The Kier molecular flexibility index (Phi) is 4.80. The molecule has 0 aliphatic heterocycles. The van der Waals surface area contributed by atoms with Crippen molar-refractivity contribution in [1.82, 2.24) is 0 Å². The van der Waals surface area contributed by atoms with Crippen molar-refractivity contribution in [2.24, 2.45) is 5.73 Å². The van der Waals surface area contributed by atoms with Crippen LogP contribution in [0.5, 0.6) is 5.75 Å². The van der Waals surface area contributed by atoms with Crippen LogP contribution < -0.4 is 10.5 Å². The Morgan fingerprint density at radius 3 is 2.89 bits per heavy atom. The number of aryl methyl sites for hydroxylation is 1. The van der Waals surface area contributed by atoms with Crippen LogP contribution in [0.2, 0.25) is 0 Å². The molecule has 1 aromatic heterocycles. The quantitative estimate of drug-likeness (QED) is 0.896. The third-order valence-corrected chi connectivity index (χ3v) is 4.54. The summed E-state index contributed by atoms with van der Waals surface area (Å²) in [6.07, 6.45) is 1.95. The molecule has 2 N–H and O–H groups in total. The Balaban J connectivity index is 2.05. The van der Waals surface area contributed by atoms with Gasteiger partial charge >= 0.3 is 0 Å². The van der Waals surface area contributed by atoms with Crippen LogP contribution in [-0.2, 0) is 6.42 Å². The average molecular weight is 326 g/mol. The number of nitrogens with two attached hydrogens (primary N) is 1. The number of hydrogen-bond donors (Lipinski definition) is 1. The minimum Gasteiger partial charge on any atom is -0.497 e. The van der Waals surface area contributed by atoms with E-state index in [2.05, 4.69) is 33.4 Å². The van der Waals surface area contributed by atoms with E-state index in [1.54, 1.807) is 18.4 Å². The van der Waals surface area contributed by atoms with Gasteiger partial charge in [0.15, 0.2) is 0 Å². The molecule has 96 valence electrons. The van der Waals surface area contributed by atoms with E-state index < -0.39 is 0 Å². The maximum Gasteiger partial charge on any atom is 0.119 e. The molecule has 0 fully saturated rings. The largest absolute Gasteiger partial charge is 0.497 e. The van der Waals surface area contributed by atoms with E-state index in [1.807, 2.05) is 18.2 Å². The lowest BCUT2D eigenvalue weighted by Gasteiger charge is -2.14. The summed E-state index contributed by atoms with van der Waals surface area (Å²) in [5, 5.41) is 2.10. The van der Waals surface area contributed by atoms with E-state index >= 15 is 0 Å². The molecule has 0 spiro atoms. The Morgan fingerprint density at radius 1 is 1.39 bits per heavy atom. The van der Waals surface area contributed by atoms with E-state index in [-0.39, 0.29) is 6.04 Å². The van der Waals surface area contributed by atoms with Gasteiger partial charge in [0.05, 0.1) is 7.11 Å². The first kappa shape index (κ1) is 13.6. The Morgan fingerprint density at radius 2 is 2.22 bits per heavy atom. The van der Waals surface area contributed by atoms with E-state index in [1.165, 1.54) is 4.88 Å². The van der Waals surface area contributed by atoms with E-state index in [0.29, 0.717) is 0 Å². The summed E-state index contributed by atoms with van der Waals surface area (Å²) in [4.78, 5) is 1.38. The van der Waals surface area contributed by atoms with Crippen molar-refractivity contribution in [1.29, 1.82) is 0 Å². The van der Waals surface area contributed by atoms with Gasteiger partial charge in [-0.2, -0.15) is 0 Å². The van der Waals surface area contributed by atoms with E-state index in [4.69, 9.17) is 10.5 Å². The smallest absolute Gasteiger partial charge is 0.119 e. The van der Waals surface area contributed by atoms with Crippen molar-refractivity contribution >= 4 is 27.3 Å². The average Bonchev–Trinajstić information content (AvgIpc) is 2.89. The Bertz CT molecular complexity index is 499. The van der Waals surface area contributed by atoms with Gasteiger partial charge in [0.2, 0.25) is 0 Å². The first-order valence-corrected chi connectivity index (χ1v) is 7.49. The lowest BCUT2D eigenvalue weighted by atomic mass is 10.0. The molecule has 1 unspecified atom stereocenters. The molecule has 0 aliphatic rings. The second-order valence-electron chi connectivity index (χ2n) is 4.11. The van der Waals surface area contributed by atoms with Crippen LogP contribution in [0.1, 0.15) is 22.9 Å². The van der Waals surface area contributed by atoms with Crippen molar-refractivity contribution in [2.45, 2.75) is 18.9 Å². The topological polar surface area (TPSA) is 35.2 Å². The molecule has 0 saturated carbocycles. The van der Waals surface area contributed by atoms with Gasteiger partial charge in [0.1, 0.15) is 5.75 Å². The predicted molar refractivity (Wildman–Crippen MR) is 80.3 cm³/mol. The van der Waals surface area contributed by atoms with Crippen molar-refractivity contribution < 1.29 is 4.74 Å². The van der Waals surface area contributed by atoms with Gasteiger partial charge in [-0.3, -0.25) is 0 Å². The number of benzene rings is 1. The van der Waals surface area contributed by atoms with Crippen LogP contribution in [0.4, 0.5) is 0 Å². The zero-order valence-electron chi connectivity index (χ0n) is 10.2.